The number of benzene rings is 1. The fourth-order valence-corrected chi connectivity index (χ4v) is 2.18. The molecule has 4 heteroatoms. The maximum atomic E-state index is 11.0. The van der Waals surface area contributed by atoms with Crippen LogP contribution in [0.5, 0.6) is 0 Å². The second-order valence-corrected chi connectivity index (χ2v) is 4.59. The quantitative estimate of drug-likeness (QED) is 0.809. The lowest BCUT2D eigenvalue weighted by Crippen LogP contribution is -2.00. The molecule has 0 spiro atoms. The van der Waals surface area contributed by atoms with Gasteiger partial charge in [-0.1, -0.05) is 13.0 Å². The molecule has 3 rings (SSSR count). The molecule has 2 aromatic rings. The Labute approximate surface area is 91.9 Å². The first kappa shape index (κ1) is 9.66. The summed E-state index contributed by atoms with van der Waals surface area (Å²) in [4.78, 5) is 13.6. The summed E-state index contributed by atoms with van der Waals surface area (Å²) in [5, 5.41) is 10.1. The van der Waals surface area contributed by atoms with Gasteiger partial charge in [0.05, 0.1) is 11.6 Å². The van der Waals surface area contributed by atoms with Crippen molar-refractivity contribution >= 4 is 11.1 Å². The van der Waals surface area contributed by atoms with Crippen LogP contribution in [0.25, 0.3) is 11.1 Å². The molecule has 84 valence electrons. The van der Waals surface area contributed by atoms with Crippen LogP contribution in [-0.2, 0) is 0 Å². The lowest BCUT2D eigenvalue weighted by atomic mass is 10.0. The van der Waals surface area contributed by atoms with E-state index < -0.39 is 11.9 Å². The number of hydrogen-bond donors (Lipinski definition) is 2. The van der Waals surface area contributed by atoms with Crippen molar-refractivity contribution < 1.29 is 9.52 Å². The van der Waals surface area contributed by atoms with Gasteiger partial charge >= 0.3 is 5.76 Å². The van der Waals surface area contributed by atoms with E-state index in [2.05, 4.69) is 11.9 Å². The molecular formula is C12H13NO3. The molecule has 1 aromatic heterocycles. The first-order valence-corrected chi connectivity index (χ1v) is 5.46. The van der Waals surface area contributed by atoms with E-state index in [0.717, 1.165) is 12.0 Å². The number of rotatable bonds is 2. The van der Waals surface area contributed by atoms with Crippen LogP contribution in [0.2, 0.25) is 0 Å². The third kappa shape index (κ3) is 1.46. The molecule has 0 aliphatic heterocycles. The molecule has 1 fully saturated rings. The summed E-state index contributed by atoms with van der Waals surface area (Å²) in [7, 11) is 0. The van der Waals surface area contributed by atoms with Crippen LogP contribution in [0.15, 0.2) is 27.4 Å². The van der Waals surface area contributed by atoms with Crippen LogP contribution in [0.4, 0.5) is 0 Å². The number of hydrogen-bond acceptors (Lipinski definition) is 3. The van der Waals surface area contributed by atoms with Gasteiger partial charge in [0.25, 0.3) is 0 Å². The van der Waals surface area contributed by atoms with Gasteiger partial charge in [-0.15, -0.1) is 0 Å². The topological polar surface area (TPSA) is 66.2 Å². The first-order valence-electron chi connectivity index (χ1n) is 5.46. The molecular weight excluding hydrogens is 206 g/mol. The SMILES string of the molecule is CC1CC1C(O)c1ccc2[nH]c(=O)oc2c1. The Kier molecular flexibility index (Phi) is 1.94. The number of aromatic nitrogens is 1. The van der Waals surface area contributed by atoms with Crippen molar-refractivity contribution in [3.63, 3.8) is 0 Å². The lowest BCUT2D eigenvalue weighted by molar-refractivity contribution is 0.148. The van der Waals surface area contributed by atoms with E-state index in [0.29, 0.717) is 22.9 Å². The van der Waals surface area contributed by atoms with Crippen molar-refractivity contribution in [2.45, 2.75) is 19.4 Å². The monoisotopic (exact) mass is 219 g/mol. The summed E-state index contributed by atoms with van der Waals surface area (Å²) in [5.74, 6) is 0.480. The Morgan fingerprint density at radius 1 is 1.56 bits per heavy atom. The minimum absolute atomic E-state index is 0.350. The van der Waals surface area contributed by atoms with Gasteiger partial charge in [-0.2, -0.15) is 0 Å². The zero-order valence-corrected chi connectivity index (χ0v) is 8.93. The minimum Gasteiger partial charge on any atom is -0.408 e. The van der Waals surface area contributed by atoms with Crippen LogP contribution < -0.4 is 5.76 Å². The van der Waals surface area contributed by atoms with Gasteiger partial charge in [0.15, 0.2) is 5.58 Å². The van der Waals surface area contributed by atoms with Gasteiger partial charge in [-0.3, -0.25) is 4.98 Å². The third-order valence-corrected chi connectivity index (χ3v) is 3.36. The Morgan fingerprint density at radius 2 is 2.31 bits per heavy atom. The van der Waals surface area contributed by atoms with Crippen molar-refractivity contribution in [3.8, 4) is 0 Å². The van der Waals surface area contributed by atoms with E-state index in [1.54, 1.807) is 12.1 Å². The molecule has 0 saturated heterocycles. The van der Waals surface area contributed by atoms with Crippen LogP contribution in [-0.4, -0.2) is 10.1 Å². The molecule has 3 unspecified atom stereocenters. The van der Waals surface area contributed by atoms with Crippen molar-refractivity contribution in [1.29, 1.82) is 0 Å². The standard InChI is InChI=1S/C12H13NO3/c1-6-4-8(6)11(14)7-2-3-9-10(5-7)16-12(15)13-9/h2-3,5-6,8,11,14H,4H2,1H3,(H,13,15). The molecule has 1 saturated carbocycles. The van der Waals surface area contributed by atoms with E-state index in [1.165, 1.54) is 0 Å². The summed E-state index contributed by atoms with van der Waals surface area (Å²) in [5.41, 5.74) is 2.00. The van der Waals surface area contributed by atoms with Crippen LogP contribution in [0.3, 0.4) is 0 Å². The minimum atomic E-state index is -0.457. The fraction of sp³-hybridized carbons (Fsp3) is 0.417. The van der Waals surface area contributed by atoms with Gasteiger partial charge in [0, 0.05) is 0 Å². The highest BCUT2D eigenvalue weighted by molar-refractivity contribution is 5.72. The number of fused-ring (bicyclic) bond motifs is 1. The zero-order valence-electron chi connectivity index (χ0n) is 8.93. The van der Waals surface area contributed by atoms with Crippen LogP contribution in [0.1, 0.15) is 25.0 Å². The predicted octanol–water partition coefficient (Wildman–Crippen LogP) is 1.81. The molecule has 1 aliphatic carbocycles. The summed E-state index contributed by atoms with van der Waals surface area (Å²) < 4.78 is 4.96. The molecule has 1 heterocycles. The Morgan fingerprint density at radius 3 is 3.00 bits per heavy atom. The number of aromatic amines is 1. The molecule has 3 atom stereocenters. The van der Waals surface area contributed by atoms with E-state index in [-0.39, 0.29) is 0 Å². The summed E-state index contributed by atoms with van der Waals surface area (Å²) in [6.45, 7) is 2.13. The van der Waals surface area contributed by atoms with Gasteiger partial charge in [0.2, 0.25) is 0 Å². The normalized spacial score (nSPS) is 25.9. The van der Waals surface area contributed by atoms with Crippen molar-refractivity contribution in [2.24, 2.45) is 11.8 Å². The van der Waals surface area contributed by atoms with E-state index >= 15 is 0 Å². The Balaban J connectivity index is 2.01. The van der Waals surface area contributed by atoms with Crippen LogP contribution in [0, 0.1) is 11.8 Å². The third-order valence-electron chi connectivity index (χ3n) is 3.36. The number of oxazole rings is 1. The Hall–Kier alpha value is -1.55. The van der Waals surface area contributed by atoms with E-state index in [4.69, 9.17) is 4.42 Å². The molecule has 2 N–H and O–H groups in total. The van der Waals surface area contributed by atoms with E-state index in [1.807, 2.05) is 6.07 Å². The Bertz CT molecular complexity index is 583. The van der Waals surface area contributed by atoms with Gasteiger partial charge in [-0.25, -0.2) is 4.79 Å². The van der Waals surface area contributed by atoms with Gasteiger partial charge in [-0.05, 0) is 36.0 Å². The fourth-order valence-electron chi connectivity index (χ4n) is 2.18. The average Bonchev–Trinajstić information content (AvgIpc) is 2.85. The number of nitrogens with one attached hydrogen (secondary N) is 1. The van der Waals surface area contributed by atoms with Gasteiger partial charge in [0.1, 0.15) is 0 Å². The summed E-state index contributed by atoms with van der Waals surface area (Å²) >= 11 is 0. The number of aliphatic hydroxyl groups excluding tert-OH is 1. The maximum absolute atomic E-state index is 11.0. The molecule has 1 aliphatic rings. The summed E-state index contributed by atoms with van der Waals surface area (Å²) in [6, 6.07) is 5.35. The molecule has 0 amide bonds. The molecule has 16 heavy (non-hydrogen) atoms. The summed E-state index contributed by atoms with van der Waals surface area (Å²) in [6.07, 6.45) is 0.621. The number of aliphatic hydroxyl groups is 1. The molecule has 0 radical (unpaired) electrons. The highest BCUT2D eigenvalue weighted by Crippen LogP contribution is 2.47. The second kappa shape index (κ2) is 3.22. The highest BCUT2D eigenvalue weighted by atomic mass is 16.4. The highest BCUT2D eigenvalue weighted by Gasteiger charge is 2.39. The molecule has 1 aromatic carbocycles. The number of H-pyrrole nitrogens is 1. The van der Waals surface area contributed by atoms with Crippen molar-refractivity contribution in [3.05, 3.63) is 34.3 Å². The predicted molar refractivity (Wildman–Crippen MR) is 59.1 cm³/mol. The molecule has 4 nitrogen and oxygen atoms in total. The van der Waals surface area contributed by atoms with E-state index in [9.17, 15) is 9.90 Å². The average molecular weight is 219 g/mol. The van der Waals surface area contributed by atoms with Gasteiger partial charge < -0.3 is 9.52 Å². The maximum Gasteiger partial charge on any atom is 0.417 e. The van der Waals surface area contributed by atoms with Crippen molar-refractivity contribution in [2.75, 3.05) is 0 Å². The van der Waals surface area contributed by atoms with Crippen molar-refractivity contribution in [1.82, 2.24) is 4.98 Å². The molecule has 0 bridgehead atoms. The lowest BCUT2D eigenvalue weighted by Gasteiger charge is -2.09. The second-order valence-electron chi connectivity index (χ2n) is 4.59. The van der Waals surface area contributed by atoms with Crippen LogP contribution >= 0.6 is 0 Å². The first-order chi connectivity index (χ1) is 7.65. The smallest absolute Gasteiger partial charge is 0.408 e. The zero-order chi connectivity index (χ0) is 11.3. The largest absolute Gasteiger partial charge is 0.417 e.